The zero-order valence-electron chi connectivity index (χ0n) is 22.6. The lowest BCUT2D eigenvalue weighted by atomic mass is 10.1. The van der Waals surface area contributed by atoms with E-state index in [1.54, 1.807) is 24.0 Å². The molecule has 0 aliphatic heterocycles. The van der Waals surface area contributed by atoms with E-state index in [9.17, 15) is 18.0 Å². The van der Waals surface area contributed by atoms with Gasteiger partial charge in [0.15, 0.2) is 0 Å². The molecule has 0 spiro atoms. The quantitative estimate of drug-likeness (QED) is 0.404. The van der Waals surface area contributed by atoms with Gasteiger partial charge in [0, 0.05) is 25.6 Å². The fourth-order valence-corrected chi connectivity index (χ4v) is 5.89. The van der Waals surface area contributed by atoms with E-state index in [0.717, 1.165) is 43.1 Å². The molecule has 0 heterocycles. The normalized spacial score (nSPS) is 14.7. The molecule has 208 valence electrons. The number of carbonyl (C=O) groups excluding carboxylic acids is 2. The molecule has 3 rings (SSSR count). The lowest BCUT2D eigenvalue weighted by Crippen LogP contribution is -2.49. The summed E-state index contributed by atoms with van der Waals surface area (Å²) in [7, 11) is -2.14. The average Bonchev–Trinajstić information content (AvgIpc) is 3.38. The topological polar surface area (TPSA) is 96.0 Å². The maximum atomic E-state index is 13.4. The predicted molar refractivity (Wildman–Crippen MR) is 151 cm³/mol. The summed E-state index contributed by atoms with van der Waals surface area (Å²) < 4.78 is 31.5. The predicted octanol–water partition coefficient (Wildman–Crippen LogP) is 4.68. The maximum Gasteiger partial charge on any atom is 0.242 e. The fourth-order valence-electron chi connectivity index (χ4n) is 4.68. The van der Waals surface area contributed by atoms with Crippen LogP contribution in [0.4, 0.5) is 5.69 Å². The van der Waals surface area contributed by atoms with Crippen molar-refractivity contribution in [2.75, 3.05) is 24.2 Å². The molecule has 2 aromatic carbocycles. The van der Waals surface area contributed by atoms with E-state index >= 15 is 0 Å². The van der Waals surface area contributed by atoms with Gasteiger partial charge < -0.3 is 15.0 Å². The van der Waals surface area contributed by atoms with Crippen molar-refractivity contribution in [3.63, 3.8) is 0 Å². The van der Waals surface area contributed by atoms with Crippen LogP contribution in [0.5, 0.6) is 5.75 Å². The number of rotatable bonds is 12. The highest BCUT2D eigenvalue weighted by Gasteiger charge is 2.29. The molecule has 10 heteroatoms. The van der Waals surface area contributed by atoms with Crippen molar-refractivity contribution in [3.05, 3.63) is 58.6 Å². The van der Waals surface area contributed by atoms with Crippen LogP contribution in [-0.4, -0.2) is 57.1 Å². The van der Waals surface area contributed by atoms with Crippen molar-refractivity contribution in [2.24, 2.45) is 0 Å². The number of amides is 2. The van der Waals surface area contributed by atoms with Gasteiger partial charge in [0.05, 0.1) is 24.1 Å². The molecule has 1 atom stereocenters. The van der Waals surface area contributed by atoms with Gasteiger partial charge in [-0.05, 0) is 56.9 Å². The summed E-state index contributed by atoms with van der Waals surface area (Å²) in [5.74, 6) is 0.0690. The minimum Gasteiger partial charge on any atom is -0.495 e. The molecule has 1 N–H and O–H groups in total. The number of ether oxygens (including phenoxy) is 1. The summed E-state index contributed by atoms with van der Waals surface area (Å²) in [5.41, 5.74) is 2.43. The Kier molecular flexibility index (Phi) is 10.4. The number of sulfonamides is 1. The number of hydrogen-bond donors (Lipinski definition) is 1. The van der Waals surface area contributed by atoms with Gasteiger partial charge in [-0.25, -0.2) is 8.42 Å². The molecule has 1 saturated carbocycles. The summed E-state index contributed by atoms with van der Waals surface area (Å²) in [6, 6.07) is 12.1. The van der Waals surface area contributed by atoms with Crippen LogP contribution in [0.3, 0.4) is 0 Å². The van der Waals surface area contributed by atoms with Gasteiger partial charge in [0.2, 0.25) is 21.8 Å². The highest BCUT2D eigenvalue weighted by molar-refractivity contribution is 7.92. The second-order valence-corrected chi connectivity index (χ2v) is 12.2. The third kappa shape index (κ3) is 8.11. The van der Waals surface area contributed by atoms with Gasteiger partial charge >= 0.3 is 0 Å². The van der Waals surface area contributed by atoms with E-state index in [0.29, 0.717) is 23.0 Å². The second-order valence-electron chi connectivity index (χ2n) is 9.93. The van der Waals surface area contributed by atoms with E-state index < -0.39 is 16.1 Å². The number of halogens is 1. The minimum absolute atomic E-state index is 0.0861. The first kappa shape index (κ1) is 29.8. The molecule has 1 aliphatic carbocycles. The first-order chi connectivity index (χ1) is 18.0. The Morgan fingerprint density at radius 1 is 1.13 bits per heavy atom. The van der Waals surface area contributed by atoms with Crippen LogP contribution in [-0.2, 0) is 26.2 Å². The summed E-state index contributed by atoms with van der Waals surface area (Å²) in [6.07, 6.45) is 5.59. The summed E-state index contributed by atoms with van der Waals surface area (Å²) in [4.78, 5) is 28.1. The Hall–Kier alpha value is -2.78. The number of nitrogens with one attached hydrogen (secondary N) is 1. The Morgan fingerprint density at radius 2 is 1.79 bits per heavy atom. The largest absolute Gasteiger partial charge is 0.495 e. The van der Waals surface area contributed by atoms with Crippen molar-refractivity contribution in [3.8, 4) is 5.75 Å². The van der Waals surface area contributed by atoms with Crippen molar-refractivity contribution in [1.82, 2.24) is 10.2 Å². The van der Waals surface area contributed by atoms with Crippen LogP contribution < -0.4 is 14.4 Å². The molecule has 38 heavy (non-hydrogen) atoms. The summed E-state index contributed by atoms with van der Waals surface area (Å²) in [6.45, 7) is 4.13. The van der Waals surface area contributed by atoms with E-state index in [4.69, 9.17) is 16.3 Å². The van der Waals surface area contributed by atoms with Crippen LogP contribution in [0.25, 0.3) is 0 Å². The van der Waals surface area contributed by atoms with Crippen LogP contribution in [0.1, 0.15) is 56.6 Å². The third-order valence-electron chi connectivity index (χ3n) is 6.92. The first-order valence-corrected chi connectivity index (χ1v) is 15.2. The van der Waals surface area contributed by atoms with Crippen molar-refractivity contribution in [1.29, 1.82) is 0 Å². The molecule has 0 aromatic heterocycles. The molecule has 0 radical (unpaired) electrons. The Morgan fingerprint density at radius 3 is 2.37 bits per heavy atom. The van der Waals surface area contributed by atoms with E-state index in [2.05, 4.69) is 5.32 Å². The van der Waals surface area contributed by atoms with Gasteiger partial charge in [-0.3, -0.25) is 13.9 Å². The molecule has 1 unspecified atom stereocenters. The highest BCUT2D eigenvalue weighted by Crippen LogP contribution is 2.30. The summed E-state index contributed by atoms with van der Waals surface area (Å²) in [5, 5.41) is 3.39. The van der Waals surface area contributed by atoms with Crippen LogP contribution in [0.2, 0.25) is 5.02 Å². The highest BCUT2D eigenvalue weighted by atomic mass is 35.5. The second kappa shape index (κ2) is 13.3. The number of nitrogens with zero attached hydrogens (tertiary/aromatic N) is 2. The molecule has 0 bridgehead atoms. The van der Waals surface area contributed by atoms with Crippen molar-refractivity contribution in [2.45, 2.75) is 71.0 Å². The molecule has 2 amide bonds. The SMILES string of the molecule is COc1ccc(N(CCCC(=O)N(Cc2ccc(C)cc2)C(C)C(=O)NC2CCCC2)S(C)(=O)=O)cc1Cl. The van der Waals surface area contributed by atoms with Crippen LogP contribution in [0, 0.1) is 6.92 Å². The molecular weight excluding hydrogens is 526 g/mol. The monoisotopic (exact) mass is 563 g/mol. The molecule has 0 saturated heterocycles. The smallest absolute Gasteiger partial charge is 0.242 e. The van der Waals surface area contributed by atoms with Crippen LogP contribution >= 0.6 is 11.6 Å². The van der Waals surface area contributed by atoms with Crippen molar-refractivity contribution < 1.29 is 22.7 Å². The van der Waals surface area contributed by atoms with E-state index in [-0.39, 0.29) is 37.2 Å². The van der Waals surface area contributed by atoms with Gasteiger partial charge in [-0.1, -0.05) is 54.3 Å². The lowest BCUT2D eigenvalue weighted by molar-refractivity contribution is -0.141. The van der Waals surface area contributed by atoms with Gasteiger partial charge in [0.25, 0.3) is 0 Å². The van der Waals surface area contributed by atoms with Crippen molar-refractivity contribution >= 4 is 39.1 Å². The Bertz CT molecular complexity index is 1210. The van der Waals surface area contributed by atoms with E-state index in [1.807, 2.05) is 31.2 Å². The number of methoxy groups -OCH3 is 1. The zero-order valence-corrected chi connectivity index (χ0v) is 24.1. The number of carbonyl (C=O) groups is 2. The Labute approximate surface area is 231 Å². The number of hydrogen-bond acceptors (Lipinski definition) is 5. The fraction of sp³-hybridized carbons (Fsp3) is 0.500. The number of aryl methyl sites for hydroxylation is 1. The third-order valence-corrected chi connectivity index (χ3v) is 8.41. The standard InChI is InChI=1S/C28H38ClN3O5S/c1-20-11-13-22(14-12-20)19-31(21(2)28(34)30-23-8-5-6-9-23)27(33)10-7-17-32(38(4,35)36)24-15-16-26(37-3)25(29)18-24/h11-16,18,21,23H,5-10,17,19H2,1-4H3,(H,30,34). The number of anilines is 1. The number of benzene rings is 2. The lowest BCUT2D eigenvalue weighted by Gasteiger charge is -2.30. The molecule has 2 aromatic rings. The molecule has 8 nitrogen and oxygen atoms in total. The van der Waals surface area contributed by atoms with Gasteiger partial charge in [-0.2, -0.15) is 0 Å². The molecule has 1 aliphatic rings. The van der Waals surface area contributed by atoms with E-state index in [1.165, 1.54) is 17.5 Å². The molecular formula is C28H38ClN3O5S. The minimum atomic E-state index is -3.62. The molecule has 1 fully saturated rings. The maximum absolute atomic E-state index is 13.4. The first-order valence-electron chi connectivity index (χ1n) is 13.0. The van der Waals surface area contributed by atoms with Gasteiger partial charge in [-0.15, -0.1) is 0 Å². The Balaban J connectivity index is 1.72. The van der Waals surface area contributed by atoms with Gasteiger partial charge in [0.1, 0.15) is 11.8 Å². The summed E-state index contributed by atoms with van der Waals surface area (Å²) >= 11 is 6.22. The zero-order chi connectivity index (χ0) is 27.9. The average molecular weight is 564 g/mol. The van der Waals surface area contributed by atoms with Crippen LogP contribution in [0.15, 0.2) is 42.5 Å².